The Balaban J connectivity index is 2.08. The van der Waals surface area contributed by atoms with Crippen LogP contribution in [0.1, 0.15) is 24.9 Å². The molecular weight excluding hydrogens is 300 g/mol. The van der Waals surface area contributed by atoms with Crippen LogP contribution < -0.4 is 10.6 Å². The van der Waals surface area contributed by atoms with Crippen LogP contribution in [-0.2, 0) is 9.59 Å². The fraction of sp³-hybridized carbons (Fsp3) is 0.176. The molecule has 2 N–H and O–H groups in total. The molecule has 2 amide bonds. The second-order valence-electron chi connectivity index (χ2n) is 4.90. The summed E-state index contributed by atoms with van der Waals surface area (Å²) in [5.74, 6) is -0.393. The number of amides is 2. The van der Waals surface area contributed by atoms with Gasteiger partial charge in [0.15, 0.2) is 0 Å². The van der Waals surface area contributed by atoms with Gasteiger partial charge in [-0.05, 0) is 17.7 Å². The van der Waals surface area contributed by atoms with Gasteiger partial charge in [0.25, 0.3) is 0 Å². The quantitative estimate of drug-likeness (QED) is 0.886. The number of benzene rings is 2. The Labute approximate surface area is 134 Å². The van der Waals surface area contributed by atoms with Crippen molar-refractivity contribution in [1.82, 2.24) is 5.32 Å². The van der Waals surface area contributed by atoms with E-state index in [1.54, 1.807) is 24.3 Å². The molecule has 5 heteroatoms. The molecule has 0 aliphatic heterocycles. The van der Waals surface area contributed by atoms with Gasteiger partial charge >= 0.3 is 0 Å². The summed E-state index contributed by atoms with van der Waals surface area (Å²) in [5.41, 5.74) is 1.44. The van der Waals surface area contributed by atoms with E-state index in [0.29, 0.717) is 10.7 Å². The van der Waals surface area contributed by atoms with E-state index in [4.69, 9.17) is 11.6 Å². The molecule has 0 heterocycles. The predicted octanol–water partition coefficient (Wildman–Crippen LogP) is 3.55. The van der Waals surface area contributed by atoms with Crippen molar-refractivity contribution >= 4 is 29.1 Å². The molecule has 0 spiro atoms. The Hall–Kier alpha value is -2.33. The third-order valence-corrected chi connectivity index (χ3v) is 3.45. The lowest BCUT2D eigenvalue weighted by molar-refractivity contribution is -0.120. The monoisotopic (exact) mass is 316 g/mol. The minimum atomic E-state index is -0.374. The molecule has 4 nitrogen and oxygen atoms in total. The number of carbonyl (C=O) groups excluding carboxylic acids is 2. The van der Waals surface area contributed by atoms with E-state index in [-0.39, 0.29) is 24.3 Å². The molecule has 0 radical (unpaired) electrons. The Kier molecular flexibility index (Phi) is 5.55. The fourth-order valence-corrected chi connectivity index (χ4v) is 2.32. The molecule has 0 fully saturated rings. The molecule has 0 aliphatic rings. The number of nitrogens with one attached hydrogen (secondary N) is 2. The highest BCUT2D eigenvalue weighted by Gasteiger charge is 2.17. The Bertz CT molecular complexity index is 659. The fourth-order valence-electron chi connectivity index (χ4n) is 2.13. The number of hydrogen-bond donors (Lipinski definition) is 2. The van der Waals surface area contributed by atoms with Crippen LogP contribution in [0.3, 0.4) is 0 Å². The van der Waals surface area contributed by atoms with Crippen molar-refractivity contribution in [2.75, 3.05) is 5.32 Å². The molecule has 2 aromatic carbocycles. The zero-order valence-corrected chi connectivity index (χ0v) is 12.9. The highest BCUT2D eigenvalue weighted by atomic mass is 35.5. The first kappa shape index (κ1) is 16.0. The number of para-hydroxylation sites is 1. The summed E-state index contributed by atoms with van der Waals surface area (Å²) in [4.78, 5) is 23.6. The van der Waals surface area contributed by atoms with Crippen LogP contribution in [0.4, 0.5) is 5.69 Å². The molecule has 2 rings (SSSR count). The molecule has 0 aliphatic carbocycles. The maximum Gasteiger partial charge on any atom is 0.226 e. The van der Waals surface area contributed by atoms with Crippen LogP contribution in [0, 0.1) is 0 Å². The SMILES string of the molecule is CC(=O)N[C@H](CC(=O)Nc1ccccc1Cl)c1ccccc1. The molecule has 22 heavy (non-hydrogen) atoms. The van der Waals surface area contributed by atoms with Crippen LogP contribution in [0.25, 0.3) is 0 Å². The normalized spacial score (nSPS) is 11.5. The van der Waals surface area contributed by atoms with Crippen molar-refractivity contribution < 1.29 is 9.59 Å². The van der Waals surface area contributed by atoms with Gasteiger partial charge in [0.2, 0.25) is 11.8 Å². The summed E-state index contributed by atoms with van der Waals surface area (Å²) >= 11 is 6.02. The topological polar surface area (TPSA) is 58.2 Å². The average molecular weight is 317 g/mol. The molecule has 0 bridgehead atoms. The summed E-state index contributed by atoms with van der Waals surface area (Å²) in [7, 11) is 0. The summed E-state index contributed by atoms with van der Waals surface area (Å²) in [6.45, 7) is 1.43. The second-order valence-corrected chi connectivity index (χ2v) is 5.30. The maximum absolute atomic E-state index is 12.2. The predicted molar refractivity (Wildman–Crippen MR) is 87.7 cm³/mol. The Morgan fingerprint density at radius 1 is 1.05 bits per heavy atom. The number of rotatable bonds is 5. The first-order valence-corrected chi connectivity index (χ1v) is 7.30. The molecule has 1 atom stereocenters. The summed E-state index contributed by atoms with van der Waals surface area (Å²) in [6, 6.07) is 16.0. The van der Waals surface area contributed by atoms with Crippen molar-refractivity contribution in [2.45, 2.75) is 19.4 Å². The van der Waals surface area contributed by atoms with Gasteiger partial charge in [0.05, 0.1) is 23.2 Å². The van der Waals surface area contributed by atoms with Crippen molar-refractivity contribution in [3.63, 3.8) is 0 Å². The van der Waals surface area contributed by atoms with Crippen molar-refractivity contribution in [1.29, 1.82) is 0 Å². The summed E-state index contributed by atoms with van der Waals surface area (Å²) in [6.07, 6.45) is 0.134. The van der Waals surface area contributed by atoms with Gasteiger partial charge in [-0.3, -0.25) is 9.59 Å². The van der Waals surface area contributed by atoms with Crippen LogP contribution in [0.2, 0.25) is 5.02 Å². The lowest BCUT2D eigenvalue weighted by Crippen LogP contribution is -2.29. The van der Waals surface area contributed by atoms with Crippen LogP contribution in [0.5, 0.6) is 0 Å². The molecule has 0 aromatic heterocycles. The van der Waals surface area contributed by atoms with E-state index in [1.165, 1.54) is 6.92 Å². The van der Waals surface area contributed by atoms with Crippen molar-refractivity contribution in [2.24, 2.45) is 0 Å². The van der Waals surface area contributed by atoms with E-state index in [9.17, 15) is 9.59 Å². The van der Waals surface area contributed by atoms with Crippen LogP contribution in [-0.4, -0.2) is 11.8 Å². The summed E-state index contributed by atoms with van der Waals surface area (Å²) < 4.78 is 0. The van der Waals surface area contributed by atoms with Gasteiger partial charge in [-0.2, -0.15) is 0 Å². The van der Waals surface area contributed by atoms with E-state index >= 15 is 0 Å². The molecular formula is C17H17ClN2O2. The third kappa shape index (κ3) is 4.60. The largest absolute Gasteiger partial charge is 0.349 e. The number of anilines is 1. The Morgan fingerprint density at radius 2 is 1.68 bits per heavy atom. The summed E-state index contributed by atoms with van der Waals surface area (Å²) in [5, 5.41) is 6.03. The molecule has 2 aromatic rings. The van der Waals surface area contributed by atoms with Crippen molar-refractivity contribution in [3.05, 3.63) is 65.2 Å². The highest BCUT2D eigenvalue weighted by Crippen LogP contribution is 2.22. The minimum absolute atomic E-state index is 0.134. The molecule has 114 valence electrons. The van der Waals surface area contributed by atoms with E-state index < -0.39 is 0 Å². The first-order chi connectivity index (χ1) is 10.6. The van der Waals surface area contributed by atoms with Gasteiger partial charge in [-0.15, -0.1) is 0 Å². The standard InChI is InChI=1S/C17H17ClN2O2/c1-12(21)19-16(13-7-3-2-4-8-13)11-17(22)20-15-10-6-5-9-14(15)18/h2-10,16H,11H2,1H3,(H,19,21)(H,20,22)/t16-/m1/s1. The highest BCUT2D eigenvalue weighted by molar-refractivity contribution is 6.33. The zero-order chi connectivity index (χ0) is 15.9. The van der Waals surface area contributed by atoms with Crippen LogP contribution >= 0.6 is 11.6 Å². The molecule has 0 saturated heterocycles. The van der Waals surface area contributed by atoms with Gasteiger partial charge in [0.1, 0.15) is 0 Å². The van der Waals surface area contributed by atoms with Gasteiger partial charge in [-0.1, -0.05) is 54.1 Å². The van der Waals surface area contributed by atoms with E-state index in [0.717, 1.165) is 5.56 Å². The van der Waals surface area contributed by atoms with Crippen molar-refractivity contribution in [3.8, 4) is 0 Å². The minimum Gasteiger partial charge on any atom is -0.349 e. The van der Waals surface area contributed by atoms with E-state index in [2.05, 4.69) is 10.6 Å². The zero-order valence-electron chi connectivity index (χ0n) is 12.2. The van der Waals surface area contributed by atoms with Gasteiger partial charge < -0.3 is 10.6 Å². The first-order valence-electron chi connectivity index (χ1n) is 6.92. The van der Waals surface area contributed by atoms with E-state index in [1.807, 2.05) is 30.3 Å². The van der Waals surface area contributed by atoms with Gasteiger partial charge in [-0.25, -0.2) is 0 Å². The maximum atomic E-state index is 12.2. The lowest BCUT2D eigenvalue weighted by Gasteiger charge is -2.18. The van der Waals surface area contributed by atoms with Gasteiger partial charge in [0, 0.05) is 6.92 Å². The number of carbonyl (C=O) groups is 2. The number of halogens is 1. The van der Waals surface area contributed by atoms with Crippen LogP contribution in [0.15, 0.2) is 54.6 Å². The lowest BCUT2D eigenvalue weighted by atomic mass is 10.0. The second kappa shape index (κ2) is 7.61. The molecule has 0 unspecified atom stereocenters. The Morgan fingerprint density at radius 3 is 2.32 bits per heavy atom. The number of hydrogen-bond acceptors (Lipinski definition) is 2. The molecule has 0 saturated carbocycles. The smallest absolute Gasteiger partial charge is 0.226 e. The third-order valence-electron chi connectivity index (χ3n) is 3.12. The average Bonchev–Trinajstić information content (AvgIpc) is 2.49.